The lowest BCUT2D eigenvalue weighted by Gasteiger charge is -2.41. The van der Waals surface area contributed by atoms with E-state index < -0.39 is 22.4 Å². The van der Waals surface area contributed by atoms with Crippen LogP contribution in [-0.4, -0.2) is 109 Å². The smallest absolute Gasteiger partial charge is 0.410 e. The van der Waals surface area contributed by atoms with Crippen molar-refractivity contribution >= 4 is 23.8 Å². The van der Waals surface area contributed by atoms with Gasteiger partial charge in [-0.25, -0.2) is 14.6 Å². The minimum Gasteiger partial charge on any atom is -0.497 e. The summed E-state index contributed by atoms with van der Waals surface area (Å²) in [5, 5.41) is 0.326. The molecule has 270 valence electrons. The topological polar surface area (TPSA) is 140 Å². The van der Waals surface area contributed by atoms with E-state index in [4.69, 9.17) is 49.5 Å². The zero-order chi connectivity index (χ0) is 35.6. The predicted octanol–water partition coefficient (Wildman–Crippen LogP) is 5.25. The molecule has 0 N–H and O–H groups in total. The normalized spacial score (nSPS) is 26.6. The van der Waals surface area contributed by atoms with Crippen molar-refractivity contribution in [3.05, 3.63) is 47.0 Å². The Kier molecular flexibility index (Phi) is 10.9. The summed E-state index contributed by atoms with van der Waals surface area (Å²) in [4.78, 5) is 36.8. The van der Waals surface area contributed by atoms with Crippen molar-refractivity contribution in [3.8, 4) is 11.5 Å². The number of aromatic nitrogens is 2. The Bertz CT molecular complexity index is 1500. The van der Waals surface area contributed by atoms with Crippen molar-refractivity contribution in [2.45, 2.75) is 89.0 Å². The molecule has 0 aliphatic carbocycles. The van der Waals surface area contributed by atoms with Crippen molar-refractivity contribution in [3.63, 3.8) is 0 Å². The Morgan fingerprint density at radius 1 is 0.796 bits per heavy atom. The molecule has 0 bridgehead atoms. The van der Waals surface area contributed by atoms with Crippen LogP contribution in [0.1, 0.15) is 65.8 Å². The Morgan fingerprint density at radius 2 is 1.29 bits per heavy atom. The SMILES string of the molecule is COc1cc(Cl)nc([C@]23CCN(C(=O)OC(C)(C)C)C[C@H]2OCO3)c1.COc1ccnc([C@]23CCN(C(=O)OC(C)(C)C)C[C@H]2OCO3)c1. The molecule has 4 atom stereocenters. The number of halogens is 1. The van der Waals surface area contributed by atoms with Crippen LogP contribution in [0.2, 0.25) is 5.15 Å². The second-order valence-electron chi connectivity index (χ2n) is 14.3. The summed E-state index contributed by atoms with van der Waals surface area (Å²) < 4.78 is 44.8. The fraction of sp³-hybridized carbons (Fsp3) is 0.647. The molecule has 2 amide bonds. The maximum Gasteiger partial charge on any atom is 0.410 e. The Hall–Kier alpha value is -3.43. The molecule has 0 radical (unpaired) electrons. The highest BCUT2D eigenvalue weighted by atomic mass is 35.5. The van der Waals surface area contributed by atoms with Gasteiger partial charge in [-0.15, -0.1) is 0 Å². The maximum atomic E-state index is 12.3. The average Bonchev–Trinajstić information content (AvgIpc) is 3.68. The van der Waals surface area contributed by atoms with Gasteiger partial charge in [0, 0.05) is 50.3 Å². The van der Waals surface area contributed by atoms with Gasteiger partial charge < -0.3 is 47.7 Å². The molecule has 0 unspecified atom stereocenters. The van der Waals surface area contributed by atoms with Gasteiger partial charge in [0.05, 0.1) is 38.7 Å². The molecule has 0 spiro atoms. The van der Waals surface area contributed by atoms with Gasteiger partial charge in [-0.2, -0.15) is 0 Å². The number of hydrogen-bond acceptors (Lipinski definition) is 12. The van der Waals surface area contributed by atoms with E-state index in [0.717, 1.165) is 11.4 Å². The number of piperidine rings is 2. The Balaban J connectivity index is 0.000000191. The highest BCUT2D eigenvalue weighted by Crippen LogP contribution is 2.44. The van der Waals surface area contributed by atoms with Gasteiger partial charge in [0.2, 0.25) is 0 Å². The molecule has 49 heavy (non-hydrogen) atoms. The molecule has 2 aromatic heterocycles. The molecule has 0 aromatic carbocycles. The molecule has 4 fully saturated rings. The molecule has 2 aromatic rings. The molecule has 4 aliphatic heterocycles. The summed E-state index contributed by atoms with van der Waals surface area (Å²) in [7, 11) is 3.19. The van der Waals surface area contributed by atoms with Gasteiger partial charge in [0.15, 0.2) is 0 Å². The molecule has 15 heteroatoms. The minimum absolute atomic E-state index is 0.142. The number of likely N-dealkylation sites (tertiary alicyclic amines) is 2. The maximum absolute atomic E-state index is 12.3. The quantitative estimate of drug-likeness (QED) is 0.384. The Labute approximate surface area is 292 Å². The number of rotatable bonds is 4. The van der Waals surface area contributed by atoms with Crippen LogP contribution >= 0.6 is 11.6 Å². The predicted molar refractivity (Wildman–Crippen MR) is 176 cm³/mol. The van der Waals surface area contributed by atoms with Gasteiger partial charge >= 0.3 is 12.2 Å². The van der Waals surface area contributed by atoms with Gasteiger partial charge in [0.1, 0.15) is 64.9 Å². The lowest BCUT2D eigenvalue weighted by atomic mass is 9.85. The first-order valence-corrected chi connectivity index (χ1v) is 16.6. The second kappa shape index (κ2) is 14.4. The third-order valence-electron chi connectivity index (χ3n) is 8.63. The van der Waals surface area contributed by atoms with Crippen LogP contribution in [0.15, 0.2) is 30.5 Å². The standard InChI is InChI=1S/C17H23ClN2O5.C17H24N2O5/c1-16(2,3)25-15(21)20-6-5-17(13(9-20)23-10-24-17)12-7-11(22-4)8-14(18)19-12;1-16(2,3)24-15(20)19-8-6-17(14(10-19)22-11-23-17)13-9-12(21-4)5-7-18-13/h7-8,13H,5-6,9-10H2,1-4H3;5,7,9,14H,6,8,10-11H2,1-4H3/t13-,17-;14-,17-/m11/s1. The van der Waals surface area contributed by atoms with E-state index in [1.807, 2.05) is 47.6 Å². The number of carbonyl (C=O) groups is 2. The van der Waals surface area contributed by atoms with Crippen LogP contribution in [0.25, 0.3) is 0 Å². The lowest BCUT2D eigenvalue weighted by molar-refractivity contribution is -0.0568. The summed E-state index contributed by atoms with van der Waals surface area (Å²) in [5.74, 6) is 1.33. The molecular weight excluding hydrogens is 660 g/mol. The van der Waals surface area contributed by atoms with Crippen molar-refractivity contribution in [2.75, 3.05) is 54.0 Å². The number of ether oxygens (including phenoxy) is 8. The molecule has 4 aliphatic rings. The zero-order valence-corrected chi connectivity index (χ0v) is 30.2. The average molecular weight is 707 g/mol. The first kappa shape index (κ1) is 36.8. The van der Waals surface area contributed by atoms with E-state index in [1.165, 1.54) is 0 Å². The lowest BCUT2D eigenvalue weighted by Crippen LogP contribution is -2.54. The highest BCUT2D eigenvalue weighted by Gasteiger charge is 2.54. The monoisotopic (exact) mass is 706 g/mol. The van der Waals surface area contributed by atoms with E-state index in [2.05, 4.69) is 9.97 Å². The summed E-state index contributed by atoms with van der Waals surface area (Å²) in [6.07, 6.45) is 1.52. The van der Waals surface area contributed by atoms with Gasteiger partial charge in [-0.1, -0.05) is 11.6 Å². The molecule has 6 rings (SSSR count). The largest absolute Gasteiger partial charge is 0.497 e. The van der Waals surface area contributed by atoms with Crippen LogP contribution in [0.3, 0.4) is 0 Å². The fourth-order valence-corrected chi connectivity index (χ4v) is 6.44. The first-order chi connectivity index (χ1) is 23.1. The third kappa shape index (κ3) is 8.31. The molecule has 14 nitrogen and oxygen atoms in total. The van der Waals surface area contributed by atoms with Gasteiger partial charge in [-0.3, -0.25) is 4.98 Å². The fourth-order valence-electron chi connectivity index (χ4n) is 6.25. The number of pyridine rings is 2. The van der Waals surface area contributed by atoms with Gasteiger partial charge in [-0.05, 0) is 47.6 Å². The molecular formula is C34H47ClN4O10. The summed E-state index contributed by atoms with van der Waals surface area (Å²) in [5.41, 5.74) is -1.02. The summed E-state index contributed by atoms with van der Waals surface area (Å²) >= 11 is 6.11. The van der Waals surface area contributed by atoms with E-state index in [9.17, 15) is 9.59 Å². The van der Waals surface area contributed by atoms with Crippen LogP contribution < -0.4 is 9.47 Å². The summed E-state index contributed by atoms with van der Waals surface area (Å²) in [6.45, 7) is 13.2. The zero-order valence-electron chi connectivity index (χ0n) is 29.4. The number of methoxy groups -OCH3 is 2. The van der Waals surface area contributed by atoms with Crippen molar-refractivity contribution in [1.82, 2.24) is 19.8 Å². The van der Waals surface area contributed by atoms with E-state index in [0.29, 0.717) is 55.6 Å². The van der Waals surface area contributed by atoms with Crippen molar-refractivity contribution < 1.29 is 47.5 Å². The second-order valence-corrected chi connectivity index (χ2v) is 14.6. The van der Waals surface area contributed by atoms with Crippen molar-refractivity contribution in [1.29, 1.82) is 0 Å². The first-order valence-electron chi connectivity index (χ1n) is 16.3. The van der Waals surface area contributed by atoms with Crippen LogP contribution in [0.5, 0.6) is 11.5 Å². The van der Waals surface area contributed by atoms with Gasteiger partial charge in [0.25, 0.3) is 0 Å². The number of amides is 2. The number of hydrogen-bond donors (Lipinski definition) is 0. The molecule has 6 heterocycles. The minimum atomic E-state index is -0.739. The number of fused-ring (bicyclic) bond motifs is 2. The van der Waals surface area contributed by atoms with E-state index >= 15 is 0 Å². The van der Waals surface area contributed by atoms with E-state index in [-0.39, 0.29) is 38.0 Å². The molecule has 4 saturated heterocycles. The van der Waals surface area contributed by atoms with Crippen molar-refractivity contribution in [2.24, 2.45) is 0 Å². The number of carbonyl (C=O) groups excluding carboxylic acids is 2. The molecule has 0 saturated carbocycles. The third-order valence-corrected chi connectivity index (χ3v) is 8.82. The van der Waals surface area contributed by atoms with Crippen LogP contribution in [0, 0.1) is 0 Å². The van der Waals surface area contributed by atoms with E-state index in [1.54, 1.807) is 48.4 Å². The number of nitrogens with zero attached hydrogens (tertiary/aromatic N) is 4. The highest BCUT2D eigenvalue weighted by molar-refractivity contribution is 6.29. The summed E-state index contributed by atoms with van der Waals surface area (Å²) in [6, 6.07) is 7.10. The van der Waals surface area contributed by atoms with Crippen LogP contribution in [0.4, 0.5) is 9.59 Å². The Morgan fingerprint density at radius 3 is 1.78 bits per heavy atom. The van der Waals surface area contributed by atoms with Crippen LogP contribution in [-0.2, 0) is 39.6 Å².